The number of aromatic nitrogens is 4. The third-order valence-corrected chi connectivity index (χ3v) is 5.91. The fourth-order valence-corrected chi connectivity index (χ4v) is 4.78. The Morgan fingerprint density at radius 1 is 1.33 bits per heavy atom. The van der Waals surface area contributed by atoms with Gasteiger partial charge in [0.15, 0.2) is 5.13 Å². The molecule has 0 unspecified atom stereocenters. The van der Waals surface area contributed by atoms with E-state index in [0.29, 0.717) is 26.8 Å². The van der Waals surface area contributed by atoms with Crippen LogP contribution in [0.15, 0.2) is 22.7 Å². The summed E-state index contributed by atoms with van der Waals surface area (Å²) in [5, 5.41) is 10.9. The first-order valence-electron chi connectivity index (χ1n) is 8.45. The molecule has 27 heavy (non-hydrogen) atoms. The van der Waals surface area contributed by atoms with Gasteiger partial charge in [-0.2, -0.15) is 0 Å². The second-order valence-electron chi connectivity index (χ2n) is 6.10. The summed E-state index contributed by atoms with van der Waals surface area (Å²) in [7, 11) is 0. The minimum Gasteiger partial charge on any atom is -0.274 e. The molecule has 142 valence electrons. The molecular weight excluding hydrogens is 402 g/mol. The van der Waals surface area contributed by atoms with E-state index in [1.54, 1.807) is 4.90 Å². The Morgan fingerprint density at radius 3 is 2.74 bits per heavy atom. The van der Waals surface area contributed by atoms with Crippen molar-refractivity contribution in [3.63, 3.8) is 0 Å². The van der Waals surface area contributed by atoms with Crippen LogP contribution in [0.25, 0.3) is 0 Å². The van der Waals surface area contributed by atoms with Gasteiger partial charge in [-0.3, -0.25) is 14.8 Å². The first-order chi connectivity index (χ1) is 12.9. The van der Waals surface area contributed by atoms with Crippen LogP contribution in [0.1, 0.15) is 36.5 Å². The Balaban J connectivity index is 1.83. The van der Waals surface area contributed by atoms with Gasteiger partial charge in [-0.1, -0.05) is 36.4 Å². The lowest BCUT2D eigenvalue weighted by Crippen LogP contribution is -2.24. The van der Waals surface area contributed by atoms with Gasteiger partial charge in [-0.05, 0) is 31.0 Å². The van der Waals surface area contributed by atoms with Crippen molar-refractivity contribution in [2.24, 2.45) is 0 Å². The van der Waals surface area contributed by atoms with Gasteiger partial charge in [0.05, 0.1) is 16.4 Å². The van der Waals surface area contributed by atoms with E-state index >= 15 is 0 Å². The third kappa shape index (κ3) is 4.51. The standard InChI is InChI=1S/C18H20ClN5OS2/c1-5-15-21-17(23-22-15)26-8-13-9-27-18(20-13)24(12(4)25)16-11(3)6-10(2)7-14(16)19/h6-7,9H,5,8H2,1-4H3,(H,21,22,23). The van der Waals surface area contributed by atoms with E-state index in [2.05, 4.69) is 20.2 Å². The number of halogens is 1. The second kappa shape index (κ2) is 8.41. The number of carbonyl (C=O) groups excluding carboxylic acids is 1. The molecule has 0 radical (unpaired) electrons. The number of aromatic amines is 1. The summed E-state index contributed by atoms with van der Waals surface area (Å²) in [6, 6.07) is 3.87. The van der Waals surface area contributed by atoms with E-state index < -0.39 is 0 Å². The first-order valence-corrected chi connectivity index (χ1v) is 10.7. The number of anilines is 2. The number of hydrogen-bond donors (Lipinski definition) is 1. The van der Waals surface area contributed by atoms with E-state index in [9.17, 15) is 4.79 Å². The highest BCUT2D eigenvalue weighted by molar-refractivity contribution is 7.98. The van der Waals surface area contributed by atoms with E-state index in [-0.39, 0.29) is 5.91 Å². The highest BCUT2D eigenvalue weighted by atomic mass is 35.5. The Labute approximate surface area is 171 Å². The highest BCUT2D eigenvalue weighted by Crippen LogP contribution is 2.37. The number of nitrogens with zero attached hydrogens (tertiary/aromatic N) is 4. The van der Waals surface area contributed by atoms with Crippen LogP contribution in [0.3, 0.4) is 0 Å². The van der Waals surface area contributed by atoms with Gasteiger partial charge in [-0.15, -0.1) is 16.4 Å². The summed E-state index contributed by atoms with van der Waals surface area (Å²) in [4.78, 5) is 23.0. The van der Waals surface area contributed by atoms with Gasteiger partial charge in [0, 0.05) is 24.5 Å². The largest absolute Gasteiger partial charge is 0.274 e. The van der Waals surface area contributed by atoms with Gasteiger partial charge < -0.3 is 0 Å². The average Bonchev–Trinajstić information content (AvgIpc) is 3.24. The lowest BCUT2D eigenvalue weighted by Gasteiger charge is -2.22. The van der Waals surface area contributed by atoms with Gasteiger partial charge in [0.2, 0.25) is 11.1 Å². The number of nitrogens with one attached hydrogen (secondary N) is 1. The van der Waals surface area contributed by atoms with Crippen LogP contribution < -0.4 is 4.90 Å². The van der Waals surface area contributed by atoms with Crippen molar-refractivity contribution in [1.29, 1.82) is 0 Å². The SMILES string of the molecule is CCc1nc(SCc2csc(N(C(C)=O)c3c(C)cc(C)cc3Cl)n2)n[nH]1. The van der Waals surface area contributed by atoms with E-state index in [1.165, 1.54) is 30.0 Å². The molecule has 0 atom stereocenters. The average molecular weight is 422 g/mol. The summed E-state index contributed by atoms with van der Waals surface area (Å²) < 4.78 is 0. The molecule has 0 aliphatic carbocycles. The quantitative estimate of drug-likeness (QED) is 0.562. The zero-order valence-corrected chi connectivity index (χ0v) is 17.9. The van der Waals surface area contributed by atoms with Crippen molar-refractivity contribution >= 4 is 51.4 Å². The molecule has 1 amide bonds. The number of aryl methyl sites for hydroxylation is 3. The van der Waals surface area contributed by atoms with Crippen molar-refractivity contribution in [3.05, 3.63) is 45.2 Å². The summed E-state index contributed by atoms with van der Waals surface area (Å²) in [5.74, 6) is 1.37. The van der Waals surface area contributed by atoms with Gasteiger partial charge in [-0.25, -0.2) is 9.97 Å². The Bertz CT molecular complexity index is 945. The molecule has 0 saturated carbocycles. The molecule has 2 heterocycles. The zero-order chi connectivity index (χ0) is 19.6. The van der Waals surface area contributed by atoms with Gasteiger partial charge >= 0.3 is 0 Å². The predicted molar refractivity (Wildman–Crippen MR) is 111 cm³/mol. The molecule has 3 rings (SSSR count). The Morgan fingerprint density at radius 2 is 2.11 bits per heavy atom. The van der Waals surface area contributed by atoms with Crippen LogP contribution in [0, 0.1) is 13.8 Å². The fourth-order valence-electron chi connectivity index (χ4n) is 2.68. The van der Waals surface area contributed by atoms with Crippen molar-refractivity contribution in [2.75, 3.05) is 4.90 Å². The number of thioether (sulfide) groups is 1. The predicted octanol–water partition coefficient (Wildman–Crippen LogP) is 5.07. The topological polar surface area (TPSA) is 74.8 Å². The molecule has 9 heteroatoms. The summed E-state index contributed by atoms with van der Waals surface area (Å²) in [6.07, 6.45) is 0.818. The summed E-state index contributed by atoms with van der Waals surface area (Å²) in [5.41, 5.74) is 3.55. The number of rotatable bonds is 6. The molecular formula is C18H20ClN5OS2. The maximum atomic E-state index is 12.4. The minimum absolute atomic E-state index is 0.126. The summed E-state index contributed by atoms with van der Waals surface area (Å²) in [6.45, 7) is 7.47. The number of benzene rings is 1. The first kappa shape index (κ1) is 19.9. The molecule has 2 aromatic heterocycles. The molecule has 6 nitrogen and oxygen atoms in total. The summed E-state index contributed by atoms with van der Waals surface area (Å²) >= 11 is 9.38. The smallest absolute Gasteiger partial charge is 0.230 e. The van der Waals surface area contributed by atoms with Crippen LogP contribution in [-0.2, 0) is 17.0 Å². The number of H-pyrrole nitrogens is 1. The van der Waals surface area contributed by atoms with E-state index in [0.717, 1.165) is 29.1 Å². The normalized spacial score (nSPS) is 11.0. The van der Waals surface area contributed by atoms with Crippen LogP contribution in [-0.4, -0.2) is 26.1 Å². The molecule has 0 bridgehead atoms. The van der Waals surface area contributed by atoms with E-state index in [4.69, 9.17) is 11.6 Å². The van der Waals surface area contributed by atoms with Gasteiger partial charge in [0.25, 0.3) is 0 Å². The molecule has 0 aliphatic rings. The Hall–Kier alpha value is -1.90. The maximum Gasteiger partial charge on any atom is 0.230 e. The number of amides is 1. The lowest BCUT2D eigenvalue weighted by atomic mass is 10.1. The number of thiazole rings is 1. The number of carbonyl (C=O) groups is 1. The lowest BCUT2D eigenvalue weighted by molar-refractivity contribution is -0.115. The van der Waals surface area contributed by atoms with Crippen LogP contribution >= 0.6 is 34.7 Å². The van der Waals surface area contributed by atoms with Crippen LogP contribution in [0.2, 0.25) is 5.02 Å². The third-order valence-electron chi connectivity index (χ3n) is 3.86. The molecule has 3 aromatic rings. The van der Waals surface area contributed by atoms with Crippen LogP contribution in [0.5, 0.6) is 0 Å². The fraction of sp³-hybridized carbons (Fsp3) is 0.333. The zero-order valence-electron chi connectivity index (χ0n) is 15.5. The number of hydrogen-bond acceptors (Lipinski definition) is 6. The minimum atomic E-state index is -0.126. The second-order valence-corrected chi connectivity index (χ2v) is 8.28. The van der Waals surface area contributed by atoms with Gasteiger partial charge in [0.1, 0.15) is 5.82 Å². The molecule has 1 aromatic carbocycles. The van der Waals surface area contributed by atoms with Crippen molar-refractivity contribution in [2.45, 2.75) is 45.0 Å². The molecule has 0 fully saturated rings. The van der Waals surface area contributed by atoms with Crippen molar-refractivity contribution < 1.29 is 4.79 Å². The monoisotopic (exact) mass is 421 g/mol. The molecule has 0 spiro atoms. The molecule has 1 N–H and O–H groups in total. The van der Waals surface area contributed by atoms with Crippen molar-refractivity contribution in [3.8, 4) is 0 Å². The van der Waals surface area contributed by atoms with Crippen LogP contribution in [0.4, 0.5) is 10.8 Å². The molecule has 0 saturated heterocycles. The van der Waals surface area contributed by atoms with Crippen molar-refractivity contribution in [1.82, 2.24) is 20.2 Å². The Kier molecular flexibility index (Phi) is 6.18. The molecule has 0 aliphatic heterocycles. The van der Waals surface area contributed by atoms with E-state index in [1.807, 2.05) is 38.3 Å². The maximum absolute atomic E-state index is 12.4. The highest BCUT2D eigenvalue weighted by Gasteiger charge is 2.22.